The van der Waals surface area contributed by atoms with Gasteiger partial charge in [-0.25, -0.2) is 9.97 Å². The zero-order chi connectivity index (χ0) is 15.5. The Labute approximate surface area is 137 Å². The molecule has 6 heteroatoms. The number of pyridine rings is 1. The van der Waals surface area contributed by atoms with Gasteiger partial charge >= 0.3 is 0 Å². The highest BCUT2D eigenvalue weighted by Crippen LogP contribution is 2.25. The molecule has 1 atom stereocenters. The summed E-state index contributed by atoms with van der Waals surface area (Å²) in [4.78, 5) is 21.0. The smallest absolute Gasteiger partial charge is 0.239 e. The Morgan fingerprint density at radius 3 is 2.82 bits per heavy atom. The van der Waals surface area contributed by atoms with Gasteiger partial charge in [0.25, 0.3) is 0 Å². The molecule has 0 bridgehead atoms. The second kappa shape index (κ2) is 6.46. The van der Waals surface area contributed by atoms with Crippen molar-refractivity contribution in [3.8, 4) is 0 Å². The van der Waals surface area contributed by atoms with Crippen LogP contribution in [0, 0.1) is 6.92 Å². The van der Waals surface area contributed by atoms with Crippen LogP contribution < -0.4 is 5.32 Å². The molecule has 0 saturated heterocycles. The van der Waals surface area contributed by atoms with Gasteiger partial charge in [0, 0.05) is 10.8 Å². The van der Waals surface area contributed by atoms with Crippen molar-refractivity contribution in [1.29, 1.82) is 0 Å². The molecule has 2 aromatic heterocycles. The molecule has 0 fully saturated rings. The minimum absolute atomic E-state index is 0.0608. The molecule has 3 rings (SSSR count). The number of aromatic nitrogens is 2. The fraction of sp³-hybridized carbons (Fsp3) is 0.188. The van der Waals surface area contributed by atoms with Crippen molar-refractivity contribution in [3.05, 3.63) is 47.5 Å². The van der Waals surface area contributed by atoms with Crippen LogP contribution in [0.2, 0.25) is 0 Å². The molecular formula is C16H15N3OS2. The van der Waals surface area contributed by atoms with Gasteiger partial charge < -0.3 is 5.32 Å². The van der Waals surface area contributed by atoms with Gasteiger partial charge in [0.1, 0.15) is 0 Å². The lowest BCUT2D eigenvalue weighted by molar-refractivity contribution is -0.115. The number of carbonyl (C=O) groups is 1. The third-order valence-corrected chi connectivity index (χ3v) is 5.00. The van der Waals surface area contributed by atoms with Gasteiger partial charge in [-0.2, -0.15) is 0 Å². The number of amides is 1. The van der Waals surface area contributed by atoms with E-state index in [0.29, 0.717) is 5.13 Å². The van der Waals surface area contributed by atoms with E-state index in [1.54, 1.807) is 0 Å². The summed E-state index contributed by atoms with van der Waals surface area (Å²) >= 11 is 2.88. The molecule has 3 aromatic rings. The molecule has 0 aliphatic heterocycles. The molecule has 2 heterocycles. The maximum atomic E-state index is 12.2. The monoisotopic (exact) mass is 329 g/mol. The van der Waals surface area contributed by atoms with E-state index in [1.165, 1.54) is 23.1 Å². The van der Waals surface area contributed by atoms with Crippen molar-refractivity contribution in [2.24, 2.45) is 0 Å². The van der Waals surface area contributed by atoms with E-state index in [9.17, 15) is 4.79 Å². The first-order chi connectivity index (χ1) is 10.6. The summed E-state index contributed by atoms with van der Waals surface area (Å²) in [7, 11) is 0. The molecule has 112 valence electrons. The number of fused-ring (bicyclic) bond motifs is 1. The number of carbonyl (C=O) groups excluding carboxylic acids is 1. The van der Waals surface area contributed by atoms with Crippen molar-refractivity contribution < 1.29 is 4.79 Å². The maximum absolute atomic E-state index is 12.2. The molecule has 0 saturated carbocycles. The molecular weight excluding hydrogens is 314 g/mol. The molecule has 0 spiro atoms. The van der Waals surface area contributed by atoms with E-state index in [2.05, 4.69) is 15.3 Å². The van der Waals surface area contributed by atoms with Gasteiger partial charge in [-0.3, -0.25) is 4.79 Å². The highest BCUT2D eigenvalue weighted by atomic mass is 32.2. The van der Waals surface area contributed by atoms with Crippen molar-refractivity contribution in [1.82, 2.24) is 9.97 Å². The first kappa shape index (κ1) is 15.0. The predicted octanol–water partition coefficient (Wildman–Crippen LogP) is 4.12. The lowest BCUT2D eigenvalue weighted by Crippen LogP contribution is -2.22. The first-order valence-electron chi connectivity index (χ1n) is 6.87. The van der Waals surface area contributed by atoms with Crippen molar-refractivity contribution >= 4 is 45.0 Å². The number of rotatable bonds is 4. The summed E-state index contributed by atoms with van der Waals surface area (Å²) in [6.45, 7) is 3.78. The molecule has 1 aromatic carbocycles. The Kier molecular flexibility index (Phi) is 4.40. The largest absolute Gasteiger partial charge is 0.301 e. The van der Waals surface area contributed by atoms with Gasteiger partial charge in [-0.05, 0) is 26.0 Å². The van der Waals surface area contributed by atoms with Crippen LogP contribution in [0.5, 0.6) is 0 Å². The molecule has 0 aliphatic carbocycles. The molecule has 4 nitrogen and oxygen atoms in total. The van der Waals surface area contributed by atoms with E-state index >= 15 is 0 Å². The van der Waals surface area contributed by atoms with E-state index in [4.69, 9.17) is 0 Å². The van der Waals surface area contributed by atoms with E-state index in [-0.39, 0.29) is 11.2 Å². The average Bonchev–Trinajstić information content (AvgIpc) is 2.92. The number of thioether (sulfide) groups is 1. The zero-order valence-electron chi connectivity index (χ0n) is 12.2. The van der Waals surface area contributed by atoms with Crippen molar-refractivity contribution in [3.63, 3.8) is 0 Å². The number of benzene rings is 1. The van der Waals surface area contributed by atoms with Crippen LogP contribution in [-0.4, -0.2) is 21.1 Å². The fourth-order valence-corrected chi connectivity index (χ4v) is 3.48. The average molecular weight is 329 g/mol. The molecule has 0 radical (unpaired) electrons. The Morgan fingerprint density at radius 1 is 1.23 bits per heavy atom. The Morgan fingerprint density at radius 2 is 2.05 bits per heavy atom. The van der Waals surface area contributed by atoms with Crippen LogP contribution in [0.25, 0.3) is 10.9 Å². The molecule has 1 unspecified atom stereocenters. The van der Waals surface area contributed by atoms with Crippen molar-refractivity contribution in [2.75, 3.05) is 5.32 Å². The maximum Gasteiger partial charge on any atom is 0.239 e. The number of aryl methyl sites for hydroxylation is 1. The van der Waals surface area contributed by atoms with Gasteiger partial charge in [0.05, 0.1) is 21.5 Å². The summed E-state index contributed by atoms with van der Waals surface area (Å²) in [5, 5.41) is 7.10. The summed E-state index contributed by atoms with van der Waals surface area (Å²) in [6.07, 6.45) is 0. The normalized spacial score (nSPS) is 12.3. The third-order valence-electron chi connectivity index (χ3n) is 3.09. The van der Waals surface area contributed by atoms with E-state index in [0.717, 1.165) is 21.6 Å². The summed E-state index contributed by atoms with van der Waals surface area (Å²) in [6, 6.07) is 11.9. The highest BCUT2D eigenvalue weighted by molar-refractivity contribution is 8.00. The number of hydrogen-bond donors (Lipinski definition) is 1. The standard InChI is InChI=1S/C16H15N3OS2/c1-10-9-21-16(17-10)19-15(20)11(2)22-14-8-7-12-5-3-4-6-13(12)18-14/h3-9,11H,1-2H3,(H,17,19,20). The first-order valence-corrected chi connectivity index (χ1v) is 8.63. The minimum atomic E-state index is -0.238. The highest BCUT2D eigenvalue weighted by Gasteiger charge is 2.16. The SMILES string of the molecule is Cc1csc(NC(=O)C(C)Sc2ccc3ccccc3n2)n1. The number of para-hydroxylation sites is 1. The summed E-state index contributed by atoms with van der Waals surface area (Å²) < 4.78 is 0. The number of anilines is 1. The van der Waals surface area contributed by atoms with Gasteiger partial charge in [-0.1, -0.05) is 36.0 Å². The number of nitrogens with one attached hydrogen (secondary N) is 1. The van der Waals surface area contributed by atoms with E-state index in [1.807, 2.05) is 55.6 Å². The van der Waals surface area contributed by atoms with Crippen LogP contribution in [0.4, 0.5) is 5.13 Å². The molecule has 0 aliphatic rings. The Balaban J connectivity index is 1.69. The zero-order valence-corrected chi connectivity index (χ0v) is 13.9. The fourth-order valence-electron chi connectivity index (χ4n) is 1.97. The topological polar surface area (TPSA) is 54.9 Å². The number of nitrogens with zero attached hydrogens (tertiary/aromatic N) is 2. The lowest BCUT2D eigenvalue weighted by atomic mass is 10.2. The third kappa shape index (κ3) is 3.45. The van der Waals surface area contributed by atoms with Crippen LogP contribution in [0.1, 0.15) is 12.6 Å². The van der Waals surface area contributed by atoms with Gasteiger partial charge in [0.15, 0.2) is 5.13 Å². The summed E-state index contributed by atoms with van der Waals surface area (Å²) in [5.41, 5.74) is 1.85. The second-order valence-corrected chi connectivity index (χ2v) is 7.10. The Hall–Kier alpha value is -1.92. The van der Waals surface area contributed by atoms with Gasteiger partial charge in [-0.15, -0.1) is 11.3 Å². The minimum Gasteiger partial charge on any atom is -0.301 e. The predicted molar refractivity (Wildman–Crippen MR) is 92.5 cm³/mol. The van der Waals surface area contributed by atoms with Crippen LogP contribution >= 0.6 is 23.1 Å². The van der Waals surface area contributed by atoms with Crippen molar-refractivity contribution in [2.45, 2.75) is 24.1 Å². The number of hydrogen-bond acceptors (Lipinski definition) is 5. The van der Waals surface area contributed by atoms with Crippen LogP contribution in [0.3, 0.4) is 0 Å². The lowest BCUT2D eigenvalue weighted by Gasteiger charge is -2.10. The van der Waals surface area contributed by atoms with Crippen LogP contribution in [-0.2, 0) is 4.79 Å². The molecule has 22 heavy (non-hydrogen) atoms. The molecule has 1 N–H and O–H groups in total. The molecule has 1 amide bonds. The van der Waals surface area contributed by atoms with Gasteiger partial charge in [0.2, 0.25) is 5.91 Å². The van der Waals surface area contributed by atoms with E-state index < -0.39 is 0 Å². The summed E-state index contributed by atoms with van der Waals surface area (Å²) in [5.74, 6) is -0.0608. The quantitative estimate of drug-likeness (QED) is 0.732. The Bertz CT molecular complexity index is 816. The van der Waals surface area contributed by atoms with Crippen LogP contribution in [0.15, 0.2) is 46.8 Å². The second-order valence-electron chi connectivity index (χ2n) is 4.89. The number of thiazole rings is 1.